The maximum Gasteiger partial charge on any atom is 0.264 e. The molecule has 0 aliphatic carbocycles. The molecule has 39 heavy (non-hydrogen) atoms. The van der Waals surface area contributed by atoms with Crippen LogP contribution in [0, 0.1) is 6.92 Å². The highest BCUT2D eigenvalue weighted by atomic mass is 35.5. The molecule has 0 aromatic heterocycles. The number of likely N-dealkylation sites (N-methyl/N-ethyl adjacent to an activating group) is 1. The lowest BCUT2D eigenvalue weighted by atomic mass is 10.1. The number of hydrogen-bond donors (Lipinski definition) is 1. The minimum Gasteiger partial charge on any atom is -0.497 e. The molecule has 0 saturated carbocycles. The molecule has 0 spiro atoms. The van der Waals surface area contributed by atoms with E-state index >= 15 is 0 Å². The number of carbonyl (C=O) groups excluding carboxylic acids is 2. The number of methoxy groups -OCH3 is 1. The maximum atomic E-state index is 13.9. The third-order valence-electron chi connectivity index (χ3n) is 6.08. The predicted molar refractivity (Wildman–Crippen MR) is 154 cm³/mol. The monoisotopic (exact) mass is 591 g/mol. The Hall–Kier alpha value is -3.27. The van der Waals surface area contributed by atoms with Gasteiger partial charge in [-0.3, -0.25) is 13.9 Å². The van der Waals surface area contributed by atoms with Crippen LogP contribution >= 0.6 is 23.2 Å². The average Bonchev–Trinajstić information content (AvgIpc) is 2.92. The van der Waals surface area contributed by atoms with Gasteiger partial charge < -0.3 is 15.0 Å². The number of rotatable bonds is 11. The Kier molecular flexibility index (Phi) is 10.2. The van der Waals surface area contributed by atoms with E-state index in [4.69, 9.17) is 27.9 Å². The molecule has 1 unspecified atom stereocenters. The number of amides is 2. The molecule has 0 fully saturated rings. The first-order valence-corrected chi connectivity index (χ1v) is 14.4. The number of nitrogens with one attached hydrogen (secondary N) is 1. The van der Waals surface area contributed by atoms with E-state index in [9.17, 15) is 18.0 Å². The predicted octanol–water partition coefficient (Wildman–Crippen LogP) is 5.06. The number of anilines is 1. The zero-order chi connectivity index (χ0) is 28.7. The summed E-state index contributed by atoms with van der Waals surface area (Å²) in [6, 6.07) is 16.8. The Morgan fingerprint density at radius 1 is 1.00 bits per heavy atom. The molecule has 11 heteroatoms. The molecule has 0 bridgehead atoms. The van der Waals surface area contributed by atoms with Crippen LogP contribution < -0.4 is 14.4 Å². The molecule has 2 amide bonds. The second-order valence-corrected chi connectivity index (χ2v) is 11.5. The highest BCUT2D eigenvalue weighted by Crippen LogP contribution is 2.31. The number of aryl methyl sites for hydroxylation is 1. The van der Waals surface area contributed by atoms with E-state index in [-0.39, 0.29) is 33.1 Å². The highest BCUT2D eigenvalue weighted by Gasteiger charge is 2.32. The third kappa shape index (κ3) is 7.44. The molecule has 0 saturated heterocycles. The fraction of sp³-hybridized carbons (Fsp3) is 0.286. The van der Waals surface area contributed by atoms with Crippen LogP contribution in [-0.4, -0.2) is 51.4 Å². The van der Waals surface area contributed by atoms with Crippen molar-refractivity contribution in [3.8, 4) is 5.75 Å². The van der Waals surface area contributed by atoms with E-state index in [2.05, 4.69) is 5.32 Å². The smallest absolute Gasteiger partial charge is 0.264 e. The van der Waals surface area contributed by atoms with E-state index in [1.807, 2.05) is 6.92 Å². The topological polar surface area (TPSA) is 96.0 Å². The minimum atomic E-state index is -4.21. The van der Waals surface area contributed by atoms with E-state index in [0.29, 0.717) is 17.9 Å². The van der Waals surface area contributed by atoms with E-state index < -0.39 is 28.5 Å². The number of benzene rings is 3. The molecule has 1 N–H and O–H groups in total. The van der Waals surface area contributed by atoms with Gasteiger partial charge >= 0.3 is 0 Å². The van der Waals surface area contributed by atoms with Gasteiger partial charge in [-0.2, -0.15) is 0 Å². The van der Waals surface area contributed by atoms with Crippen LogP contribution in [0.1, 0.15) is 25.0 Å². The van der Waals surface area contributed by atoms with Gasteiger partial charge in [0.25, 0.3) is 10.0 Å². The van der Waals surface area contributed by atoms with Gasteiger partial charge in [0.1, 0.15) is 18.3 Å². The van der Waals surface area contributed by atoms with Gasteiger partial charge in [0.15, 0.2) is 0 Å². The number of carbonyl (C=O) groups is 2. The average molecular weight is 593 g/mol. The van der Waals surface area contributed by atoms with E-state index in [0.717, 1.165) is 9.87 Å². The molecule has 0 heterocycles. The van der Waals surface area contributed by atoms with Crippen molar-refractivity contribution in [3.63, 3.8) is 0 Å². The Morgan fingerprint density at radius 2 is 1.69 bits per heavy atom. The van der Waals surface area contributed by atoms with E-state index in [1.54, 1.807) is 50.2 Å². The lowest BCUT2D eigenvalue weighted by molar-refractivity contribution is -0.139. The fourth-order valence-corrected chi connectivity index (χ4v) is 5.58. The number of sulfonamides is 1. The standard InChI is InChI=1S/C28H31Cl2N3O5S/c1-5-31-28(35)20(3)32(17-21-7-6-8-23(15-21)38-4)27(34)18-33(22-11-14-25(29)26(30)16-22)39(36,37)24-12-9-19(2)10-13-24/h6-16,20H,5,17-18H2,1-4H3,(H,31,35). The molecular formula is C28H31Cl2N3O5S. The van der Waals surface area contributed by atoms with Crippen molar-refractivity contribution >= 4 is 50.7 Å². The second kappa shape index (κ2) is 13.2. The van der Waals surface area contributed by atoms with Gasteiger partial charge in [-0.05, 0) is 68.8 Å². The van der Waals surface area contributed by atoms with Gasteiger partial charge in [-0.25, -0.2) is 8.42 Å². The Bertz CT molecular complexity index is 1430. The van der Waals surface area contributed by atoms with Crippen molar-refractivity contribution in [1.82, 2.24) is 10.2 Å². The number of hydrogen-bond acceptors (Lipinski definition) is 5. The normalized spacial score (nSPS) is 11.9. The minimum absolute atomic E-state index is 0.00286. The van der Waals surface area contributed by atoms with Crippen molar-refractivity contribution in [2.45, 2.75) is 38.3 Å². The Labute approximate surface area is 239 Å². The van der Waals surface area contributed by atoms with Crippen LogP contribution in [0.3, 0.4) is 0 Å². The van der Waals surface area contributed by atoms with Crippen molar-refractivity contribution < 1.29 is 22.7 Å². The first kappa shape index (κ1) is 30.3. The largest absolute Gasteiger partial charge is 0.497 e. The van der Waals surface area contributed by atoms with Gasteiger partial charge in [0, 0.05) is 13.1 Å². The summed E-state index contributed by atoms with van der Waals surface area (Å²) in [6.07, 6.45) is 0. The molecule has 3 aromatic carbocycles. The molecule has 1 atom stereocenters. The fourth-order valence-electron chi connectivity index (χ4n) is 3.88. The van der Waals surface area contributed by atoms with Crippen molar-refractivity contribution in [3.05, 3.63) is 87.9 Å². The van der Waals surface area contributed by atoms with Crippen LogP contribution in [0.25, 0.3) is 0 Å². The van der Waals surface area contributed by atoms with Crippen LogP contribution in [0.4, 0.5) is 5.69 Å². The lowest BCUT2D eigenvalue weighted by Crippen LogP contribution is -2.51. The van der Waals surface area contributed by atoms with Gasteiger partial charge in [-0.15, -0.1) is 0 Å². The van der Waals surface area contributed by atoms with Gasteiger partial charge in [0.05, 0.1) is 27.7 Å². The molecule has 3 rings (SSSR count). The van der Waals surface area contributed by atoms with Crippen molar-refractivity contribution in [1.29, 1.82) is 0 Å². The summed E-state index contributed by atoms with van der Waals surface area (Å²) in [5.74, 6) is -0.362. The number of halogens is 2. The Balaban J connectivity index is 2.06. The summed E-state index contributed by atoms with van der Waals surface area (Å²) < 4.78 is 33.9. The van der Waals surface area contributed by atoms with Crippen LogP contribution in [0.5, 0.6) is 5.75 Å². The first-order valence-electron chi connectivity index (χ1n) is 12.2. The Morgan fingerprint density at radius 3 is 2.31 bits per heavy atom. The van der Waals surface area contributed by atoms with Gasteiger partial charge in [0.2, 0.25) is 11.8 Å². The zero-order valence-electron chi connectivity index (χ0n) is 22.1. The summed E-state index contributed by atoms with van der Waals surface area (Å²) in [5, 5.41) is 3.10. The molecule has 0 aliphatic rings. The van der Waals surface area contributed by atoms with Crippen molar-refractivity contribution in [2.75, 3.05) is 24.5 Å². The maximum absolute atomic E-state index is 13.9. The molecule has 0 radical (unpaired) electrons. The SMILES string of the molecule is CCNC(=O)C(C)N(Cc1cccc(OC)c1)C(=O)CN(c1ccc(Cl)c(Cl)c1)S(=O)(=O)c1ccc(C)cc1. The summed E-state index contributed by atoms with van der Waals surface area (Å²) >= 11 is 12.3. The third-order valence-corrected chi connectivity index (χ3v) is 8.61. The zero-order valence-corrected chi connectivity index (χ0v) is 24.5. The molecule has 0 aliphatic heterocycles. The molecule has 3 aromatic rings. The summed E-state index contributed by atoms with van der Waals surface area (Å²) in [6.45, 7) is 5.06. The quantitative estimate of drug-likeness (QED) is 0.336. The highest BCUT2D eigenvalue weighted by molar-refractivity contribution is 7.92. The van der Waals surface area contributed by atoms with Crippen LogP contribution in [0.15, 0.2) is 71.6 Å². The summed E-state index contributed by atoms with van der Waals surface area (Å²) in [4.78, 5) is 28.0. The molecule has 8 nitrogen and oxygen atoms in total. The van der Waals surface area contributed by atoms with Crippen molar-refractivity contribution in [2.24, 2.45) is 0 Å². The lowest BCUT2D eigenvalue weighted by Gasteiger charge is -2.32. The number of ether oxygens (including phenoxy) is 1. The summed E-state index contributed by atoms with van der Waals surface area (Å²) in [5.41, 5.74) is 1.75. The van der Waals surface area contributed by atoms with E-state index in [1.165, 1.54) is 42.3 Å². The van der Waals surface area contributed by atoms with Crippen LogP contribution in [0.2, 0.25) is 10.0 Å². The summed E-state index contributed by atoms with van der Waals surface area (Å²) in [7, 11) is -2.67. The molecular weight excluding hydrogens is 561 g/mol. The van der Waals surface area contributed by atoms with Gasteiger partial charge in [-0.1, -0.05) is 53.0 Å². The molecule has 208 valence electrons. The second-order valence-electron chi connectivity index (χ2n) is 8.87. The van der Waals surface area contributed by atoms with Crippen LogP contribution in [-0.2, 0) is 26.2 Å². The first-order chi connectivity index (χ1) is 18.5. The number of nitrogens with zero attached hydrogens (tertiary/aromatic N) is 2.